The van der Waals surface area contributed by atoms with Gasteiger partial charge in [-0.05, 0) is 128 Å². The van der Waals surface area contributed by atoms with Gasteiger partial charge in [-0.2, -0.15) is 46.3 Å². The van der Waals surface area contributed by atoms with Crippen LogP contribution in [0.5, 0.6) is 12.0 Å². The highest BCUT2D eigenvalue weighted by atomic mass is 35.5. The predicted molar refractivity (Wildman–Crippen MR) is 395 cm³/mol. The molecule has 564 valence electrons. The van der Waals surface area contributed by atoms with E-state index in [2.05, 4.69) is 31.4 Å². The number of aryl methyl sites for hydroxylation is 1. The molecule has 9 heterocycles. The Kier molecular flexibility index (Phi) is 27.3. The number of rotatable bonds is 16. The molecule has 13 rings (SSSR count). The van der Waals surface area contributed by atoms with Crippen molar-refractivity contribution in [3.8, 4) is 12.0 Å². The first kappa shape index (κ1) is 79.8. The van der Waals surface area contributed by atoms with Gasteiger partial charge in [0.1, 0.15) is 50.1 Å². The van der Waals surface area contributed by atoms with Gasteiger partial charge in [0.25, 0.3) is 0 Å². The Hall–Kier alpha value is -8.78. The molecule has 6 aromatic rings. The molecule has 2 aromatic heterocycles. The topological polar surface area (TPSA) is 185 Å². The number of amides is 2. The minimum Gasteiger partial charge on any atom is -0.462 e. The van der Waals surface area contributed by atoms with E-state index in [0.717, 1.165) is 61.0 Å². The van der Waals surface area contributed by atoms with E-state index in [-0.39, 0.29) is 121 Å². The van der Waals surface area contributed by atoms with Crippen LogP contribution in [0.3, 0.4) is 0 Å². The van der Waals surface area contributed by atoms with Gasteiger partial charge in [0.2, 0.25) is 13.1 Å². The second kappa shape index (κ2) is 36.2. The molecule has 4 aromatic carbocycles. The Morgan fingerprint density at radius 2 is 0.962 bits per heavy atom. The van der Waals surface area contributed by atoms with Crippen LogP contribution in [0.2, 0.25) is 25.5 Å². The first-order chi connectivity index (χ1) is 50.4. The third-order valence-electron chi connectivity index (χ3n) is 19.9. The SMILES string of the molecule is C.CB1OB(C)OB(C)O1.[C-]#[N+]C[C@H]1CN(c2nc(OC[C@@H]3CCCN3C)nc3c2CCN(c2cccc(C)c2C(F)(F)F)C3)CCN1C(=O)OCc1ccccc1.[C-]#[N+]C[C@H]1CN(c2nc(OC[C@@H]3CCCN3C)nc3c2CCN(c2cccc(Cl)c2C(F)(F)F)C3)CCN1C(=O)OCc1ccccc1. The smallest absolute Gasteiger partial charge is 0.426 e. The molecule has 0 bridgehead atoms. The van der Waals surface area contributed by atoms with Gasteiger partial charge in [0, 0.05) is 81.3 Å². The molecule has 0 spiro atoms. The Morgan fingerprint density at radius 1 is 0.547 bits per heavy atom. The van der Waals surface area contributed by atoms with E-state index < -0.39 is 47.7 Å². The number of nitrogens with zero attached hydrogens (tertiary/aromatic N) is 14. The molecule has 4 atom stereocenters. The van der Waals surface area contributed by atoms with Gasteiger partial charge in [-0.25, -0.2) is 22.7 Å². The summed E-state index contributed by atoms with van der Waals surface area (Å²) in [5.74, 6) is 1.26. The molecule has 7 aliphatic heterocycles. The van der Waals surface area contributed by atoms with Crippen LogP contribution in [0.15, 0.2) is 97.1 Å². The summed E-state index contributed by atoms with van der Waals surface area (Å²) in [4.78, 5) is 67.9. The number of likely N-dealkylation sites (tertiary alicyclic amines) is 2. The molecule has 0 aliphatic carbocycles. The Morgan fingerprint density at radius 3 is 1.36 bits per heavy atom. The summed E-state index contributed by atoms with van der Waals surface area (Å²) in [5, 5.41) is -0.357. The second-order valence-corrected chi connectivity index (χ2v) is 27.5. The number of piperazine rings is 2. The highest BCUT2D eigenvalue weighted by molar-refractivity contribution is 6.72. The predicted octanol–water partition coefficient (Wildman–Crippen LogP) is 12.6. The molecule has 33 heteroatoms. The number of hydrogen-bond acceptors (Lipinski definition) is 19. The summed E-state index contributed by atoms with van der Waals surface area (Å²) in [6, 6.07) is 27.5. The van der Waals surface area contributed by atoms with Gasteiger partial charge in [-0.3, -0.25) is 9.80 Å². The lowest BCUT2D eigenvalue weighted by Crippen LogP contribution is -2.57. The van der Waals surface area contributed by atoms with Crippen molar-refractivity contribution in [2.75, 3.05) is 125 Å². The fraction of sp³-hybridized carbons (Fsp3) is 0.507. The summed E-state index contributed by atoms with van der Waals surface area (Å²) < 4.78 is 124. The van der Waals surface area contributed by atoms with E-state index in [1.807, 2.05) is 93.1 Å². The van der Waals surface area contributed by atoms with Gasteiger partial charge >= 0.3 is 57.9 Å². The van der Waals surface area contributed by atoms with Crippen LogP contribution >= 0.6 is 11.6 Å². The maximum atomic E-state index is 14.2. The fourth-order valence-electron chi connectivity index (χ4n) is 14.5. The van der Waals surface area contributed by atoms with E-state index in [1.165, 1.54) is 37.3 Å². The minimum atomic E-state index is -4.63. The zero-order valence-electron chi connectivity index (χ0n) is 59.8. The molecule has 7 aliphatic rings. The zero-order chi connectivity index (χ0) is 74.5. The van der Waals surface area contributed by atoms with E-state index in [1.54, 1.807) is 25.7 Å². The average molecular weight is 1490 g/mol. The van der Waals surface area contributed by atoms with Crippen LogP contribution in [-0.2, 0) is 74.7 Å². The summed E-state index contributed by atoms with van der Waals surface area (Å²) in [7, 11) is 3.69. The highest BCUT2D eigenvalue weighted by Crippen LogP contribution is 2.45. The number of anilines is 4. The Balaban J connectivity index is 0.000000201. The third kappa shape index (κ3) is 20.1. The van der Waals surface area contributed by atoms with E-state index in [0.29, 0.717) is 94.9 Å². The second-order valence-electron chi connectivity index (χ2n) is 27.1. The lowest BCUT2D eigenvalue weighted by Gasteiger charge is -2.41. The molecule has 23 nitrogen and oxygen atoms in total. The summed E-state index contributed by atoms with van der Waals surface area (Å²) in [6.07, 6.45) is -5.16. The molecule has 5 saturated heterocycles. The van der Waals surface area contributed by atoms with Crippen molar-refractivity contribution in [2.24, 2.45) is 0 Å². The van der Waals surface area contributed by atoms with Gasteiger partial charge < -0.3 is 71.8 Å². The normalized spacial score (nSPS) is 19.9. The van der Waals surface area contributed by atoms with E-state index in [9.17, 15) is 35.9 Å². The molecule has 106 heavy (non-hydrogen) atoms. The Bertz CT molecular complexity index is 3780. The highest BCUT2D eigenvalue weighted by Gasteiger charge is 2.43. The molecular formula is C73H90B3ClF6N14O9. The maximum Gasteiger partial charge on any atom is 0.426 e. The first-order valence-electron chi connectivity index (χ1n) is 35.5. The Labute approximate surface area is 622 Å². The van der Waals surface area contributed by atoms with Crippen molar-refractivity contribution >= 4 is 68.2 Å². The summed E-state index contributed by atoms with van der Waals surface area (Å²) >= 11 is 6.06. The number of halogens is 7. The van der Waals surface area contributed by atoms with E-state index >= 15 is 0 Å². The fourth-order valence-corrected chi connectivity index (χ4v) is 14.8. The lowest BCUT2D eigenvalue weighted by atomic mass is 9.74. The number of ether oxygens (including phenoxy) is 4. The molecule has 0 N–H and O–H groups in total. The van der Waals surface area contributed by atoms with Crippen LogP contribution < -0.4 is 29.1 Å². The standard InChI is InChI=1S/C35H40F3N7O3.C34H37ClF3N7O3.C3H9B3O3.CH4/c1-24-9-7-13-30(31(24)35(36,37)38)43-16-14-28-29(21-43)40-33(47-23-26-12-8-15-42(26)3)41-32(28)44-17-18-45(27(20-44)19-39-2)34(46)48-22-25-10-5-4-6-11-25;1-39-18-25-19-44(16-17-45(25)33(46)48-21-23-8-4-3-5-9-23)31-26-13-15-43(29-12-6-11-27(35)30(29)34(36,37)38)20-28(26)40-32(41-31)47-22-24-10-7-14-42(24)2;1-4-7-5(2)9-6(3)8-4;/h4-7,9-11,13,26-27H,8,12,14-23H2,1,3H3;3-6,8-9,11-12,24-25H,7,10,13-22H2,2H3;1-3H3;1H4/t26-,27-;24-,25-;;/m00../s1. The zero-order valence-corrected chi connectivity index (χ0v) is 60.6. The first-order valence-corrected chi connectivity index (χ1v) is 35.9. The van der Waals surface area contributed by atoms with Crippen molar-refractivity contribution < 1.29 is 68.6 Å². The molecule has 0 saturated carbocycles. The quantitative estimate of drug-likeness (QED) is 0.0506. The van der Waals surface area contributed by atoms with Crippen LogP contribution in [0.1, 0.15) is 83.4 Å². The van der Waals surface area contributed by atoms with Crippen LogP contribution in [0.4, 0.5) is 58.9 Å². The number of likely N-dealkylation sites (N-methyl/N-ethyl adjacent to an activating group) is 2. The number of aromatic nitrogens is 4. The van der Waals surface area contributed by atoms with Crippen LogP contribution in [-0.4, -0.2) is 203 Å². The van der Waals surface area contributed by atoms with Gasteiger partial charge in [-0.1, -0.05) is 97.9 Å². The van der Waals surface area contributed by atoms with Crippen LogP contribution in [0, 0.1) is 20.1 Å². The average Bonchev–Trinajstić information content (AvgIpc) is 0.917. The van der Waals surface area contributed by atoms with Gasteiger partial charge in [0.05, 0.1) is 46.3 Å². The monoisotopic (exact) mass is 1490 g/mol. The maximum absolute atomic E-state index is 14.2. The number of alkyl halides is 6. The minimum absolute atomic E-state index is 0. The van der Waals surface area contributed by atoms with Crippen LogP contribution in [0.25, 0.3) is 9.69 Å². The lowest BCUT2D eigenvalue weighted by molar-refractivity contribution is -0.138. The summed E-state index contributed by atoms with van der Waals surface area (Å²) in [6.45, 7) is 28.4. The van der Waals surface area contributed by atoms with Crippen molar-refractivity contribution in [2.45, 2.75) is 136 Å². The summed E-state index contributed by atoms with van der Waals surface area (Å²) in [5.41, 5.74) is 3.37. The number of carbonyl (C=O) groups excluding carboxylic acids is 2. The third-order valence-corrected chi connectivity index (χ3v) is 20.2. The molecule has 0 unspecified atom stereocenters. The van der Waals surface area contributed by atoms with Gasteiger partial charge in [0.15, 0.2) is 0 Å². The molecule has 5 fully saturated rings. The number of carbonyl (C=O) groups is 2. The molecule has 2 amide bonds. The van der Waals surface area contributed by atoms with E-state index in [4.69, 9.17) is 77.3 Å². The van der Waals surface area contributed by atoms with Gasteiger partial charge in [-0.15, -0.1) is 0 Å². The number of benzene rings is 4. The van der Waals surface area contributed by atoms with Crippen molar-refractivity contribution in [1.29, 1.82) is 0 Å². The van der Waals surface area contributed by atoms with Crippen molar-refractivity contribution in [3.05, 3.63) is 175 Å². The number of fused-ring (bicyclic) bond motifs is 2. The van der Waals surface area contributed by atoms with Crippen molar-refractivity contribution in [3.63, 3.8) is 0 Å². The van der Waals surface area contributed by atoms with Crippen molar-refractivity contribution in [1.82, 2.24) is 39.5 Å². The molecule has 0 radical (unpaired) electrons. The number of hydrogen-bond donors (Lipinski definition) is 0. The largest absolute Gasteiger partial charge is 0.462 e. The molecular weight excluding hydrogens is 1400 g/mol.